The molecule has 0 radical (unpaired) electrons. The van der Waals surface area contributed by atoms with Crippen LogP contribution in [-0.4, -0.2) is 23.3 Å². The number of halogens is 1. The van der Waals surface area contributed by atoms with Crippen LogP contribution in [0.5, 0.6) is 0 Å². The zero-order valence-corrected chi connectivity index (χ0v) is 15.5. The summed E-state index contributed by atoms with van der Waals surface area (Å²) in [7, 11) is 0. The molecule has 27 heavy (non-hydrogen) atoms. The lowest BCUT2D eigenvalue weighted by Gasteiger charge is -2.19. The molecular formula is C23H22FNO2. The summed E-state index contributed by atoms with van der Waals surface area (Å²) < 4.78 is 18.9. The van der Waals surface area contributed by atoms with Gasteiger partial charge in [0.25, 0.3) is 0 Å². The Hall–Kier alpha value is -2.56. The number of ether oxygens (including phenoxy) is 1. The van der Waals surface area contributed by atoms with E-state index in [1.165, 1.54) is 12.1 Å². The highest BCUT2D eigenvalue weighted by atomic mass is 19.1. The van der Waals surface area contributed by atoms with Crippen LogP contribution in [0.25, 0.3) is 27.6 Å². The van der Waals surface area contributed by atoms with Gasteiger partial charge in [-0.1, -0.05) is 24.3 Å². The smallest absolute Gasteiger partial charge is 0.123 e. The Kier molecular flexibility index (Phi) is 4.77. The highest BCUT2D eigenvalue weighted by molar-refractivity contribution is 5.92. The Morgan fingerprint density at radius 1 is 1.15 bits per heavy atom. The minimum absolute atomic E-state index is 0.264. The molecule has 0 amide bonds. The van der Waals surface area contributed by atoms with Crippen LogP contribution in [0.3, 0.4) is 0 Å². The van der Waals surface area contributed by atoms with Crippen LogP contribution in [0.15, 0.2) is 48.5 Å². The minimum atomic E-state index is -0.594. The second-order valence-corrected chi connectivity index (χ2v) is 7.04. The summed E-state index contributed by atoms with van der Waals surface area (Å²) >= 11 is 0. The summed E-state index contributed by atoms with van der Waals surface area (Å²) in [6.07, 6.45) is 2.26. The molecule has 2 aromatic carbocycles. The summed E-state index contributed by atoms with van der Waals surface area (Å²) in [5, 5.41) is 11.2. The van der Waals surface area contributed by atoms with Crippen LogP contribution >= 0.6 is 0 Å². The Bertz CT molecular complexity index is 1020. The predicted octanol–water partition coefficient (Wildman–Crippen LogP) is 5.21. The quantitative estimate of drug-likeness (QED) is 0.695. The Morgan fingerprint density at radius 2 is 1.93 bits per heavy atom. The normalized spacial score (nSPS) is 15.6. The maximum atomic E-state index is 13.4. The van der Waals surface area contributed by atoms with Gasteiger partial charge in [0.15, 0.2) is 0 Å². The van der Waals surface area contributed by atoms with E-state index in [1.807, 2.05) is 19.1 Å². The molecule has 4 rings (SSSR count). The topological polar surface area (TPSA) is 42.4 Å². The molecule has 3 aromatic rings. The van der Waals surface area contributed by atoms with Crippen molar-refractivity contribution >= 4 is 16.5 Å². The molecule has 1 aliphatic rings. The second-order valence-electron chi connectivity index (χ2n) is 7.04. The van der Waals surface area contributed by atoms with Gasteiger partial charge in [0.05, 0.1) is 30.5 Å². The van der Waals surface area contributed by atoms with Gasteiger partial charge in [0.2, 0.25) is 0 Å². The zero-order valence-electron chi connectivity index (χ0n) is 15.5. The minimum Gasteiger partial charge on any atom is -0.389 e. The fourth-order valence-electron chi connectivity index (χ4n) is 3.63. The van der Waals surface area contributed by atoms with Crippen molar-refractivity contribution in [3.63, 3.8) is 0 Å². The molecule has 1 aromatic heterocycles. The van der Waals surface area contributed by atoms with Crippen LogP contribution in [-0.2, 0) is 4.74 Å². The fraction of sp³-hybridized carbons (Fsp3) is 0.261. The maximum absolute atomic E-state index is 13.4. The van der Waals surface area contributed by atoms with Crippen LogP contribution in [0.1, 0.15) is 36.3 Å². The average molecular weight is 363 g/mol. The van der Waals surface area contributed by atoms with Gasteiger partial charge in [0, 0.05) is 10.9 Å². The highest BCUT2D eigenvalue weighted by Gasteiger charge is 2.18. The van der Waals surface area contributed by atoms with E-state index >= 15 is 0 Å². The molecular weight excluding hydrogens is 341 g/mol. The number of aliphatic hydroxyl groups excluding tert-OH is 1. The molecule has 0 saturated carbocycles. The maximum Gasteiger partial charge on any atom is 0.123 e. The zero-order chi connectivity index (χ0) is 19.0. The third-order valence-electron chi connectivity index (χ3n) is 4.98. The number of aliphatic hydroxyl groups is 1. The first-order valence-electron chi connectivity index (χ1n) is 9.19. The van der Waals surface area contributed by atoms with Crippen molar-refractivity contribution in [2.75, 3.05) is 13.2 Å². The van der Waals surface area contributed by atoms with E-state index in [0.29, 0.717) is 13.2 Å². The molecule has 4 heteroatoms. The van der Waals surface area contributed by atoms with Gasteiger partial charge in [-0.05, 0) is 66.8 Å². The monoisotopic (exact) mass is 363 g/mol. The van der Waals surface area contributed by atoms with Gasteiger partial charge in [-0.15, -0.1) is 0 Å². The lowest BCUT2D eigenvalue weighted by Crippen LogP contribution is -2.07. The third-order valence-corrected chi connectivity index (χ3v) is 4.98. The number of fused-ring (bicyclic) bond motifs is 1. The lowest BCUT2D eigenvalue weighted by molar-refractivity contribution is 0.161. The van der Waals surface area contributed by atoms with E-state index in [4.69, 9.17) is 9.72 Å². The molecule has 0 aliphatic carbocycles. The van der Waals surface area contributed by atoms with Crippen molar-refractivity contribution in [2.24, 2.45) is 0 Å². The first kappa shape index (κ1) is 17.8. The largest absolute Gasteiger partial charge is 0.389 e. The first-order valence-corrected chi connectivity index (χ1v) is 9.19. The molecule has 0 spiro atoms. The first-order chi connectivity index (χ1) is 13.0. The standard InChI is InChI=1S/C23H22FNO2/c1-14-11-19(15(2)26)21-13-20(16-3-5-18(24)6-4-16)23(25-22(21)12-14)17-7-9-27-10-8-17/h3-7,11-13,15,26H,8-10H2,1-2H3. The van der Waals surface area contributed by atoms with Gasteiger partial charge in [-0.25, -0.2) is 9.37 Å². The second kappa shape index (κ2) is 7.22. The van der Waals surface area contributed by atoms with E-state index in [0.717, 1.165) is 50.8 Å². The summed E-state index contributed by atoms with van der Waals surface area (Å²) in [4.78, 5) is 4.97. The summed E-state index contributed by atoms with van der Waals surface area (Å²) in [5.74, 6) is -0.264. The highest BCUT2D eigenvalue weighted by Crippen LogP contribution is 2.35. The van der Waals surface area contributed by atoms with Crippen molar-refractivity contribution in [2.45, 2.75) is 26.4 Å². The number of nitrogens with zero attached hydrogens (tertiary/aromatic N) is 1. The Labute approximate surface area is 158 Å². The number of rotatable bonds is 3. The van der Waals surface area contributed by atoms with E-state index in [2.05, 4.69) is 12.1 Å². The van der Waals surface area contributed by atoms with E-state index < -0.39 is 6.10 Å². The molecule has 0 bridgehead atoms. The number of benzene rings is 2. The molecule has 3 nitrogen and oxygen atoms in total. The van der Waals surface area contributed by atoms with Gasteiger partial charge >= 0.3 is 0 Å². The van der Waals surface area contributed by atoms with E-state index in [-0.39, 0.29) is 5.82 Å². The molecule has 1 aliphatic heterocycles. The number of hydrogen-bond acceptors (Lipinski definition) is 3. The van der Waals surface area contributed by atoms with Gasteiger partial charge in [-0.2, -0.15) is 0 Å². The molecule has 1 atom stereocenters. The van der Waals surface area contributed by atoms with Gasteiger partial charge in [0.1, 0.15) is 5.82 Å². The fourth-order valence-corrected chi connectivity index (χ4v) is 3.63. The average Bonchev–Trinajstić information content (AvgIpc) is 2.67. The number of aryl methyl sites for hydroxylation is 1. The number of aromatic nitrogens is 1. The third kappa shape index (κ3) is 3.51. The number of pyridine rings is 1. The van der Waals surface area contributed by atoms with Crippen LogP contribution < -0.4 is 0 Å². The van der Waals surface area contributed by atoms with Crippen molar-refractivity contribution < 1.29 is 14.2 Å². The van der Waals surface area contributed by atoms with Crippen molar-refractivity contribution in [1.29, 1.82) is 0 Å². The summed E-state index contributed by atoms with van der Waals surface area (Å²) in [6.45, 7) is 5.01. The Morgan fingerprint density at radius 3 is 2.59 bits per heavy atom. The molecule has 0 saturated heterocycles. The Balaban J connectivity index is 2.02. The van der Waals surface area contributed by atoms with Crippen molar-refractivity contribution in [3.05, 3.63) is 71.2 Å². The van der Waals surface area contributed by atoms with Crippen molar-refractivity contribution in [3.8, 4) is 11.1 Å². The van der Waals surface area contributed by atoms with Gasteiger partial charge in [-0.3, -0.25) is 0 Å². The van der Waals surface area contributed by atoms with Crippen LogP contribution in [0.4, 0.5) is 4.39 Å². The molecule has 1 N–H and O–H groups in total. The van der Waals surface area contributed by atoms with E-state index in [9.17, 15) is 9.50 Å². The van der Waals surface area contributed by atoms with E-state index in [1.54, 1.807) is 19.1 Å². The van der Waals surface area contributed by atoms with Crippen LogP contribution in [0.2, 0.25) is 0 Å². The van der Waals surface area contributed by atoms with Crippen molar-refractivity contribution in [1.82, 2.24) is 4.98 Å². The lowest BCUT2D eigenvalue weighted by atomic mass is 9.92. The molecule has 2 heterocycles. The predicted molar refractivity (Wildman–Crippen MR) is 106 cm³/mol. The molecule has 0 fully saturated rings. The SMILES string of the molecule is Cc1cc(C(C)O)c2cc(-c3ccc(F)cc3)c(C3=CCOCC3)nc2c1. The molecule has 1 unspecified atom stereocenters. The summed E-state index contributed by atoms with van der Waals surface area (Å²) in [6, 6.07) is 12.6. The number of hydrogen-bond donors (Lipinski definition) is 1. The van der Waals surface area contributed by atoms with Gasteiger partial charge < -0.3 is 9.84 Å². The van der Waals surface area contributed by atoms with Crippen LogP contribution in [0, 0.1) is 12.7 Å². The molecule has 138 valence electrons. The summed E-state index contributed by atoms with van der Waals surface area (Å²) in [5.41, 5.74) is 6.67.